The molecule has 0 aliphatic carbocycles. The van der Waals surface area contributed by atoms with Gasteiger partial charge in [-0.25, -0.2) is 15.0 Å². The summed E-state index contributed by atoms with van der Waals surface area (Å²) in [4.78, 5) is 16.2. The normalized spacial score (nSPS) is 11.7. The van der Waals surface area contributed by atoms with Gasteiger partial charge in [-0.15, -0.1) is 0 Å². The van der Waals surface area contributed by atoms with Gasteiger partial charge in [0.2, 0.25) is 0 Å². The Hall–Kier alpha value is -7.23. The summed E-state index contributed by atoms with van der Waals surface area (Å²) in [7, 11) is 0. The van der Waals surface area contributed by atoms with E-state index in [0.717, 1.165) is 54.6 Å². The zero-order valence-corrected chi connectivity index (χ0v) is 29.2. The Labute approximate surface area is 311 Å². The fourth-order valence-corrected chi connectivity index (χ4v) is 8.29. The molecule has 0 amide bonds. The van der Waals surface area contributed by atoms with E-state index in [9.17, 15) is 0 Å². The molecule has 1 heterocycles. The second kappa shape index (κ2) is 12.2. The molecule has 54 heavy (non-hydrogen) atoms. The molecule has 3 heteroatoms. The van der Waals surface area contributed by atoms with Crippen molar-refractivity contribution in [1.82, 2.24) is 15.0 Å². The van der Waals surface area contributed by atoms with Gasteiger partial charge in [-0.3, -0.25) is 0 Å². The Morgan fingerprint density at radius 1 is 0.222 bits per heavy atom. The van der Waals surface area contributed by atoms with Crippen molar-refractivity contribution in [3.63, 3.8) is 0 Å². The maximum absolute atomic E-state index is 5.50. The van der Waals surface area contributed by atoms with Crippen molar-refractivity contribution >= 4 is 64.6 Å². The third kappa shape index (κ3) is 4.87. The van der Waals surface area contributed by atoms with Gasteiger partial charge in [0.15, 0.2) is 17.5 Å². The molecule has 1 aromatic heterocycles. The van der Waals surface area contributed by atoms with Gasteiger partial charge in [-0.05, 0) is 87.9 Å². The van der Waals surface area contributed by atoms with E-state index in [1.54, 1.807) is 0 Å². The van der Waals surface area contributed by atoms with Crippen molar-refractivity contribution in [2.45, 2.75) is 0 Å². The third-order valence-electron chi connectivity index (χ3n) is 10.9. The molecule has 0 bridgehead atoms. The predicted molar refractivity (Wildman–Crippen MR) is 227 cm³/mol. The van der Waals surface area contributed by atoms with Crippen molar-refractivity contribution in [1.29, 1.82) is 0 Å². The molecule has 3 nitrogen and oxygen atoms in total. The standard InChI is InChI=1S/C51H31N3/c1-2-12-32(13-3-1)33-22-24-36(25-23-33)49-52-50(47-41-20-10-6-16-37(41)30-45-39-18-8-4-14-34(39)26-28-43(45)47)54-51(53-49)48-42-21-11-7-17-38(42)31-46-40-19-9-5-15-35(40)27-29-44(46)48/h1-31H. The highest BCUT2D eigenvalue weighted by atomic mass is 15.0. The number of fused-ring (bicyclic) bond motifs is 8. The Morgan fingerprint density at radius 3 is 1.13 bits per heavy atom. The highest BCUT2D eigenvalue weighted by molar-refractivity contribution is 6.21. The fraction of sp³-hybridized carbons (Fsp3) is 0. The summed E-state index contributed by atoms with van der Waals surface area (Å²) in [5.41, 5.74) is 5.27. The lowest BCUT2D eigenvalue weighted by atomic mass is 9.92. The first-order valence-electron chi connectivity index (χ1n) is 18.4. The monoisotopic (exact) mass is 685 g/mol. The van der Waals surface area contributed by atoms with Crippen LogP contribution in [0.2, 0.25) is 0 Å². The molecule has 0 aliphatic heterocycles. The number of rotatable bonds is 4. The van der Waals surface area contributed by atoms with Crippen LogP contribution >= 0.6 is 0 Å². The largest absolute Gasteiger partial charge is 0.208 e. The topological polar surface area (TPSA) is 38.7 Å². The molecule has 11 rings (SSSR count). The van der Waals surface area contributed by atoms with Gasteiger partial charge >= 0.3 is 0 Å². The molecule has 0 spiro atoms. The minimum atomic E-state index is 0.637. The van der Waals surface area contributed by atoms with E-state index < -0.39 is 0 Å². The number of hydrogen-bond acceptors (Lipinski definition) is 3. The molecule has 0 unspecified atom stereocenters. The van der Waals surface area contributed by atoms with Crippen molar-refractivity contribution in [3.8, 4) is 45.3 Å². The first kappa shape index (κ1) is 30.4. The number of hydrogen-bond donors (Lipinski definition) is 0. The number of benzene rings is 10. The van der Waals surface area contributed by atoms with Crippen molar-refractivity contribution in [2.24, 2.45) is 0 Å². The van der Waals surface area contributed by atoms with E-state index >= 15 is 0 Å². The summed E-state index contributed by atoms with van der Waals surface area (Å²) in [5, 5.41) is 13.9. The van der Waals surface area contributed by atoms with Crippen LogP contribution in [0.1, 0.15) is 0 Å². The quantitative estimate of drug-likeness (QED) is 0.137. The summed E-state index contributed by atoms with van der Waals surface area (Å²) in [6, 6.07) is 66.9. The molecule has 0 atom stereocenters. The number of aromatic nitrogens is 3. The van der Waals surface area contributed by atoms with E-state index in [2.05, 4.69) is 182 Å². The Balaban J connectivity index is 1.25. The van der Waals surface area contributed by atoms with E-state index in [1.165, 1.54) is 37.9 Å². The smallest absolute Gasteiger partial charge is 0.165 e. The maximum Gasteiger partial charge on any atom is 0.165 e. The van der Waals surface area contributed by atoms with Crippen LogP contribution in [0, 0.1) is 0 Å². The average molecular weight is 686 g/mol. The van der Waals surface area contributed by atoms with Gasteiger partial charge in [0, 0.05) is 16.7 Å². The van der Waals surface area contributed by atoms with Gasteiger partial charge in [-0.2, -0.15) is 0 Å². The molecule has 0 saturated carbocycles. The lowest BCUT2D eigenvalue weighted by Gasteiger charge is -2.16. The van der Waals surface area contributed by atoms with E-state index in [0.29, 0.717) is 17.5 Å². The summed E-state index contributed by atoms with van der Waals surface area (Å²) in [6.45, 7) is 0. The zero-order chi connectivity index (χ0) is 35.6. The SMILES string of the molecule is c1ccc(-c2ccc(-c3nc(-c4c5ccccc5cc5c4ccc4ccccc45)nc(-c4c5ccccc5cc5c4ccc4ccccc45)n3)cc2)cc1. The van der Waals surface area contributed by atoms with Gasteiger partial charge in [0.1, 0.15) is 0 Å². The van der Waals surface area contributed by atoms with Crippen molar-refractivity contribution in [3.05, 3.63) is 188 Å². The molecule has 0 saturated heterocycles. The molecular weight excluding hydrogens is 655 g/mol. The van der Waals surface area contributed by atoms with Crippen LogP contribution in [-0.4, -0.2) is 15.0 Å². The second-order valence-corrected chi connectivity index (χ2v) is 14.0. The second-order valence-electron chi connectivity index (χ2n) is 14.0. The van der Waals surface area contributed by atoms with Gasteiger partial charge in [0.05, 0.1) is 0 Å². The van der Waals surface area contributed by atoms with E-state index in [4.69, 9.17) is 15.0 Å². The summed E-state index contributed by atoms with van der Waals surface area (Å²) < 4.78 is 0. The zero-order valence-electron chi connectivity index (χ0n) is 29.2. The average Bonchev–Trinajstić information content (AvgIpc) is 3.25. The predicted octanol–water partition coefficient (Wildman–Crippen LogP) is 13.5. The van der Waals surface area contributed by atoms with Crippen LogP contribution < -0.4 is 0 Å². The first-order chi connectivity index (χ1) is 26.8. The summed E-state index contributed by atoms with van der Waals surface area (Å²) in [6.07, 6.45) is 0. The highest BCUT2D eigenvalue weighted by Crippen LogP contribution is 2.42. The minimum Gasteiger partial charge on any atom is -0.208 e. The maximum atomic E-state index is 5.50. The third-order valence-corrected chi connectivity index (χ3v) is 10.9. The Bertz CT molecular complexity index is 3080. The van der Waals surface area contributed by atoms with Crippen LogP contribution in [0.4, 0.5) is 0 Å². The molecule has 0 aliphatic rings. The van der Waals surface area contributed by atoms with Gasteiger partial charge < -0.3 is 0 Å². The van der Waals surface area contributed by atoms with Crippen molar-refractivity contribution < 1.29 is 0 Å². The number of nitrogens with zero attached hydrogens (tertiary/aromatic N) is 3. The van der Waals surface area contributed by atoms with Crippen LogP contribution in [0.5, 0.6) is 0 Å². The lowest BCUT2D eigenvalue weighted by molar-refractivity contribution is 1.08. The Morgan fingerprint density at radius 2 is 0.611 bits per heavy atom. The van der Waals surface area contributed by atoms with Gasteiger partial charge in [-0.1, -0.05) is 176 Å². The molecule has 11 aromatic rings. The van der Waals surface area contributed by atoms with E-state index in [-0.39, 0.29) is 0 Å². The van der Waals surface area contributed by atoms with Crippen LogP contribution in [0.3, 0.4) is 0 Å². The minimum absolute atomic E-state index is 0.637. The van der Waals surface area contributed by atoms with Crippen LogP contribution in [0.25, 0.3) is 110 Å². The molecule has 0 N–H and O–H groups in total. The van der Waals surface area contributed by atoms with Crippen LogP contribution in [-0.2, 0) is 0 Å². The molecular formula is C51H31N3. The lowest BCUT2D eigenvalue weighted by Crippen LogP contribution is -2.02. The van der Waals surface area contributed by atoms with E-state index in [1.807, 2.05) is 6.07 Å². The molecule has 0 radical (unpaired) electrons. The molecule has 250 valence electrons. The fourth-order valence-electron chi connectivity index (χ4n) is 8.29. The summed E-state index contributed by atoms with van der Waals surface area (Å²) in [5.74, 6) is 1.94. The highest BCUT2D eigenvalue weighted by Gasteiger charge is 2.21. The molecule has 0 fully saturated rings. The summed E-state index contributed by atoms with van der Waals surface area (Å²) >= 11 is 0. The van der Waals surface area contributed by atoms with Gasteiger partial charge in [0.25, 0.3) is 0 Å². The van der Waals surface area contributed by atoms with Crippen molar-refractivity contribution in [2.75, 3.05) is 0 Å². The first-order valence-corrected chi connectivity index (χ1v) is 18.4. The van der Waals surface area contributed by atoms with Crippen LogP contribution in [0.15, 0.2) is 188 Å². The Kier molecular flexibility index (Phi) is 6.86. The molecule has 10 aromatic carbocycles.